The normalized spacial score (nSPS) is 26.6. The summed E-state index contributed by atoms with van der Waals surface area (Å²) in [4.78, 5) is 13.9. The van der Waals surface area contributed by atoms with Crippen LogP contribution in [-0.2, 0) is 4.79 Å². The number of amides is 1. The predicted molar refractivity (Wildman–Crippen MR) is 77.9 cm³/mol. The highest BCUT2D eigenvalue weighted by atomic mass is 16.4. The third-order valence-corrected chi connectivity index (χ3v) is 4.35. The molecule has 2 aliphatic heterocycles. The van der Waals surface area contributed by atoms with E-state index in [1.165, 1.54) is 0 Å². The van der Waals surface area contributed by atoms with Crippen molar-refractivity contribution in [3.05, 3.63) is 5.89 Å². The molecule has 2 N–H and O–H groups in total. The molecule has 116 valence electrons. The minimum Gasteiger partial charge on any atom is -0.406 e. The molecule has 0 bridgehead atoms. The standard InChI is InChI=1S/C14H23N5O2/c1-3-6-15-9(2)13-17-18-14(21-13)19-7-4-5-10-11(19)8-16-12(10)20/h9-11,15H,3-8H2,1-2H3,(H,16,20). The molecule has 1 aromatic rings. The molecule has 1 aromatic heterocycles. The van der Waals surface area contributed by atoms with Crippen molar-refractivity contribution in [3.63, 3.8) is 0 Å². The Labute approximate surface area is 124 Å². The number of nitrogens with zero attached hydrogens (tertiary/aromatic N) is 3. The summed E-state index contributed by atoms with van der Waals surface area (Å²) >= 11 is 0. The molecule has 7 heteroatoms. The van der Waals surface area contributed by atoms with Gasteiger partial charge in [-0.3, -0.25) is 4.79 Å². The molecule has 2 aliphatic rings. The predicted octanol–water partition coefficient (Wildman–Crippen LogP) is 0.845. The van der Waals surface area contributed by atoms with Crippen LogP contribution in [0.15, 0.2) is 4.42 Å². The molecule has 3 unspecified atom stereocenters. The first-order valence-electron chi connectivity index (χ1n) is 7.82. The van der Waals surface area contributed by atoms with E-state index < -0.39 is 0 Å². The van der Waals surface area contributed by atoms with Crippen molar-refractivity contribution in [2.24, 2.45) is 5.92 Å². The van der Waals surface area contributed by atoms with E-state index in [-0.39, 0.29) is 23.9 Å². The Morgan fingerprint density at radius 3 is 3.19 bits per heavy atom. The van der Waals surface area contributed by atoms with Crippen molar-refractivity contribution >= 4 is 11.9 Å². The summed E-state index contributed by atoms with van der Waals surface area (Å²) in [7, 11) is 0. The average Bonchev–Trinajstić information content (AvgIpc) is 3.12. The molecule has 21 heavy (non-hydrogen) atoms. The minimum atomic E-state index is 0.0510. The quantitative estimate of drug-likeness (QED) is 0.837. The summed E-state index contributed by atoms with van der Waals surface area (Å²) in [5, 5.41) is 14.6. The maximum atomic E-state index is 11.8. The first-order chi connectivity index (χ1) is 10.2. The van der Waals surface area contributed by atoms with Crippen molar-refractivity contribution in [1.82, 2.24) is 20.8 Å². The van der Waals surface area contributed by atoms with Crippen molar-refractivity contribution in [1.29, 1.82) is 0 Å². The van der Waals surface area contributed by atoms with Crippen molar-refractivity contribution in [2.75, 3.05) is 24.5 Å². The van der Waals surface area contributed by atoms with Crippen LogP contribution in [-0.4, -0.2) is 41.8 Å². The Bertz CT molecular complexity index is 503. The second-order valence-electron chi connectivity index (χ2n) is 5.85. The molecule has 0 aromatic carbocycles. The average molecular weight is 293 g/mol. The Morgan fingerprint density at radius 2 is 2.38 bits per heavy atom. The number of aromatic nitrogens is 2. The van der Waals surface area contributed by atoms with Crippen LogP contribution in [0.1, 0.15) is 45.0 Å². The molecule has 0 saturated carbocycles. The lowest BCUT2D eigenvalue weighted by Crippen LogP contribution is -2.45. The molecule has 0 aliphatic carbocycles. The zero-order chi connectivity index (χ0) is 14.8. The van der Waals surface area contributed by atoms with Gasteiger partial charge in [0.2, 0.25) is 11.8 Å². The van der Waals surface area contributed by atoms with Gasteiger partial charge in [-0.25, -0.2) is 0 Å². The number of carbonyl (C=O) groups is 1. The van der Waals surface area contributed by atoms with Crippen LogP contribution < -0.4 is 15.5 Å². The monoisotopic (exact) mass is 293 g/mol. The number of rotatable bonds is 5. The maximum absolute atomic E-state index is 11.8. The molecule has 3 heterocycles. The fraction of sp³-hybridized carbons (Fsp3) is 0.786. The number of fused-ring (bicyclic) bond motifs is 1. The van der Waals surface area contributed by atoms with Crippen LogP contribution in [0.4, 0.5) is 6.01 Å². The third kappa shape index (κ3) is 2.74. The van der Waals surface area contributed by atoms with E-state index in [0.717, 1.165) is 32.4 Å². The summed E-state index contributed by atoms with van der Waals surface area (Å²) in [6, 6.07) is 0.745. The third-order valence-electron chi connectivity index (χ3n) is 4.35. The molecule has 0 radical (unpaired) electrons. The highest BCUT2D eigenvalue weighted by molar-refractivity contribution is 5.82. The summed E-state index contributed by atoms with van der Waals surface area (Å²) < 4.78 is 5.83. The number of hydrogen-bond donors (Lipinski definition) is 2. The van der Waals surface area contributed by atoms with Gasteiger partial charge in [-0.15, -0.1) is 5.10 Å². The Morgan fingerprint density at radius 1 is 1.52 bits per heavy atom. The molecular formula is C14H23N5O2. The second-order valence-corrected chi connectivity index (χ2v) is 5.85. The highest BCUT2D eigenvalue weighted by Gasteiger charge is 2.42. The molecule has 2 saturated heterocycles. The van der Waals surface area contributed by atoms with Gasteiger partial charge in [-0.2, -0.15) is 0 Å². The first-order valence-corrected chi connectivity index (χ1v) is 7.82. The lowest BCUT2D eigenvalue weighted by atomic mass is 9.92. The first kappa shape index (κ1) is 14.3. The van der Waals surface area contributed by atoms with Crippen LogP contribution >= 0.6 is 0 Å². The summed E-state index contributed by atoms with van der Waals surface area (Å²) in [5.41, 5.74) is 0. The zero-order valence-electron chi connectivity index (χ0n) is 12.6. The molecule has 2 fully saturated rings. The van der Waals surface area contributed by atoms with E-state index in [1.54, 1.807) is 0 Å². The van der Waals surface area contributed by atoms with Crippen LogP contribution in [0, 0.1) is 5.92 Å². The number of anilines is 1. The summed E-state index contributed by atoms with van der Waals surface area (Å²) in [5.74, 6) is 0.824. The molecule has 0 spiro atoms. The Balaban J connectivity index is 1.72. The number of piperidine rings is 1. The van der Waals surface area contributed by atoms with E-state index in [1.807, 2.05) is 6.92 Å². The largest absolute Gasteiger partial charge is 0.406 e. The van der Waals surface area contributed by atoms with Gasteiger partial charge in [0, 0.05) is 13.1 Å². The lowest BCUT2D eigenvalue weighted by molar-refractivity contribution is -0.123. The van der Waals surface area contributed by atoms with Gasteiger partial charge < -0.3 is 20.0 Å². The van der Waals surface area contributed by atoms with Gasteiger partial charge >= 0.3 is 6.01 Å². The lowest BCUT2D eigenvalue weighted by Gasteiger charge is -2.34. The Hall–Kier alpha value is -1.63. The summed E-state index contributed by atoms with van der Waals surface area (Å²) in [6.07, 6.45) is 2.99. The summed E-state index contributed by atoms with van der Waals surface area (Å²) in [6.45, 7) is 6.61. The van der Waals surface area contributed by atoms with E-state index >= 15 is 0 Å². The number of nitrogens with one attached hydrogen (secondary N) is 2. The van der Waals surface area contributed by atoms with E-state index in [0.29, 0.717) is 18.5 Å². The topological polar surface area (TPSA) is 83.3 Å². The van der Waals surface area contributed by atoms with E-state index in [2.05, 4.69) is 32.7 Å². The Kier molecular flexibility index (Phi) is 4.10. The molecule has 3 atom stereocenters. The number of carbonyl (C=O) groups excluding carboxylic acids is 1. The van der Waals surface area contributed by atoms with E-state index in [9.17, 15) is 4.79 Å². The van der Waals surface area contributed by atoms with Gasteiger partial charge in [0.25, 0.3) is 0 Å². The van der Waals surface area contributed by atoms with Crippen molar-refractivity contribution in [2.45, 2.75) is 45.2 Å². The van der Waals surface area contributed by atoms with Crippen molar-refractivity contribution in [3.8, 4) is 0 Å². The van der Waals surface area contributed by atoms with Crippen LogP contribution in [0.5, 0.6) is 0 Å². The van der Waals surface area contributed by atoms with Crippen LogP contribution in [0.3, 0.4) is 0 Å². The van der Waals surface area contributed by atoms with Crippen LogP contribution in [0.2, 0.25) is 0 Å². The maximum Gasteiger partial charge on any atom is 0.318 e. The molecule has 3 rings (SSSR count). The fourth-order valence-electron chi connectivity index (χ4n) is 3.15. The highest BCUT2D eigenvalue weighted by Crippen LogP contribution is 2.31. The second kappa shape index (κ2) is 6.01. The fourth-order valence-corrected chi connectivity index (χ4v) is 3.15. The molecule has 7 nitrogen and oxygen atoms in total. The van der Waals surface area contributed by atoms with E-state index in [4.69, 9.17) is 4.42 Å². The number of hydrogen-bond acceptors (Lipinski definition) is 6. The minimum absolute atomic E-state index is 0.0510. The van der Waals surface area contributed by atoms with Gasteiger partial charge in [0.15, 0.2) is 0 Å². The SMILES string of the molecule is CCCNC(C)c1nnc(N2CCCC3C(=O)NCC32)o1. The van der Waals surface area contributed by atoms with Crippen LogP contribution in [0.25, 0.3) is 0 Å². The van der Waals surface area contributed by atoms with Gasteiger partial charge in [0.1, 0.15) is 0 Å². The van der Waals surface area contributed by atoms with Gasteiger partial charge in [-0.05, 0) is 32.7 Å². The van der Waals surface area contributed by atoms with Gasteiger partial charge in [-0.1, -0.05) is 12.0 Å². The van der Waals surface area contributed by atoms with Gasteiger partial charge in [0.05, 0.1) is 18.0 Å². The smallest absolute Gasteiger partial charge is 0.318 e. The molecule has 1 amide bonds. The zero-order valence-corrected chi connectivity index (χ0v) is 12.6. The molecular weight excluding hydrogens is 270 g/mol. The van der Waals surface area contributed by atoms with Crippen molar-refractivity contribution < 1.29 is 9.21 Å².